The van der Waals surface area contributed by atoms with Crippen molar-refractivity contribution in [3.8, 4) is 0 Å². The molecule has 4 heteroatoms. The van der Waals surface area contributed by atoms with Crippen LogP contribution < -0.4 is 11.5 Å². The van der Waals surface area contributed by atoms with Crippen molar-refractivity contribution in [2.24, 2.45) is 10.2 Å². The Bertz CT molecular complexity index is 592. The predicted octanol–water partition coefficient (Wildman–Crippen LogP) is 2.45. The predicted molar refractivity (Wildman–Crippen MR) is 79.4 cm³/mol. The normalized spacial score (nSPS) is 14.1. The Kier molecular flexibility index (Phi) is 2.76. The van der Waals surface area contributed by atoms with Crippen molar-refractivity contribution >= 4 is 22.8 Å². The maximum atomic E-state index is 5.68. The highest BCUT2D eigenvalue weighted by Gasteiger charge is 2.15. The minimum absolute atomic E-state index is 0.730. The van der Waals surface area contributed by atoms with Gasteiger partial charge in [-0.1, -0.05) is 24.3 Å². The SMILES string of the molecule is Nc1ccc(C2=NN=C(c3ccc(N)cc3)C2)cc1. The zero-order valence-electron chi connectivity index (χ0n) is 10.4. The molecule has 3 rings (SSSR count). The van der Waals surface area contributed by atoms with E-state index in [9.17, 15) is 0 Å². The molecule has 0 fully saturated rings. The first kappa shape index (κ1) is 11.5. The molecule has 0 bridgehead atoms. The third-order valence-corrected chi connectivity index (χ3v) is 3.11. The molecule has 2 aromatic carbocycles. The van der Waals surface area contributed by atoms with Crippen molar-refractivity contribution in [1.29, 1.82) is 0 Å². The first-order valence-electron chi connectivity index (χ1n) is 6.07. The van der Waals surface area contributed by atoms with Crippen molar-refractivity contribution in [2.75, 3.05) is 11.5 Å². The van der Waals surface area contributed by atoms with Crippen LogP contribution in [0.2, 0.25) is 0 Å². The standard InChI is InChI=1S/C15H14N4/c16-12-5-1-10(2-6-12)14-9-15(19-18-14)11-3-7-13(17)8-4-11/h1-8H,9,16-17H2. The first-order chi connectivity index (χ1) is 9.22. The number of hydrogen-bond acceptors (Lipinski definition) is 4. The number of anilines is 2. The van der Waals surface area contributed by atoms with E-state index in [0.717, 1.165) is 40.3 Å². The highest BCUT2D eigenvalue weighted by Crippen LogP contribution is 2.18. The lowest BCUT2D eigenvalue weighted by Crippen LogP contribution is -2.05. The van der Waals surface area contributed by atoms with E-state index in [1.54, 1.807) is 0 Å². The van der Waals surface area contributed by atoms with Crippen LogP contribution in [-0.4, -0.2) is 11.4 Å². The fourth-order valence-corrected chi connectivity index (χ4v) is 2.02. The van der Waals surface area contributed by atoms with Gasteiger partial charge in [0.25, 0.3) is 0 Å². The van der Waals surface area contributed by atoms with Crippen molar-refractivity contribution in [3.05, 3.63) is 59.7 Å². The van der Waals surface area contributed by atoms with Gasteiger partial charge < -0.3 is 11.5 Å². The van der Waals surface area contributed by atoms with Crippen LogP contribution in [0.3, 0.4) is 0 Å². The summed E-state index contributed by atoms with van der Waals surface area (Å²) < 4.78 is 0. The highest BCUT2D eigenvalue weighted by atomic mass is 15.2. The van der Waals surface area contributed by atoms with Gasteiger partial charge in [-0.05, 0) is 35.4 Å². The van der Waals surface area contributed by atoms with Gasteiger partial charge >= 0.3 is 0 Å². The van der Waals surface area contributed by atoms with Crippen molar-refractivity contribution < 1.29 is 0 Å². The summed E-state index contributed by atoms with van der Waals surface area (Å²) in [5.74, 6) is 0. The molecule has 0 aliphatic carbocycles. The van der Waals surface area contributed by atoms with Crippen molar-refractivity contribution in [1.82, 2.24) is 0 Å². The molecular weight excluding hydrogens is 236 g/mol. The summed E-state index contributed by atoms with van der Waals surface area (Å²) in [6.45, 7) is 0. The minimum atomic E-state index is 0.730. The third-order valence-electron chi connectivity index (χ3n) is 3.11. The number of nitrogens with zero attached hydrogens (tertiary/aromatic N) is 2. The number of hydrogen-bond donors (Lipinski definition) is 2. The molecule has 4 nitrogen and oxygen atoms in total. The second kappa shape index (κ2) is 4.57. The van der Waals surface area contributed by atoms with Crippen LogP contribution in [0.4, 0.5) is 11.4 Å². The van der Waals surface area contributed by atoms with Crippen molar-refractivity contribution in [2.45, 2.75) is 6.42 Å². The van der Waals surface area contributed by atoms with Gasteiger partial charge in [0.05, 0.1) is 11.4 Å². The molecule has 0 spiro atoms. The molecular formula is C15H14N4. The average Bonchev–Trinajstić information content (AvgIpc) is 2.90. The Morgan fingerprint density at radius 3 is 1.37 bits per heavy atom. The summed E-state index contributed by atoms with van der Waals surface area (Å²) >= 11 is 0. The molecule has 0 amide bonds. The molecule has 1 aliphatic rings. The Labute approximate surface area is 111 Å². The summed E-state index contributed by atoms with van der Waals surface area (Å²) in [7, 11) is 0. The fourth-order valence-electron chi connectivity index (χ4n) is 2.02. The number of nitrogens with two attached hydrogens (primary N) is 2. The van der Waals surface area contributed by atoms with Gasteiger partial charge in [0.2, 0.25) is 0 Å². The summed E-state index contributed by atoms with van der Waals surface area (Å²) in [6.07, 6.45) is 0.730. The minimum Gasteiger partial charge on any atom is -0.399 e. The molecule has 0 atom stereocenters. The largest absolute Gasteiger partial charge is 0.399 e. The Hall–Kier alpha value is -2.62. The maximum Gasteiger partial charge on any atom is 0.0763 e. The van der Waals surface area contributed by atoms with Crippen LogP contribution in [0, 0.1) is 0 Å². The van der Waals surface area contributed by atoms with Gasteiger partial charge in [-0.15, -0.1) is 0 Å². The topological polar surface area (TPSA) is 76.8 Å². The van der Waals surface area contributed by atoms with Gasteiger partial charge in [-0.2, -0.15) is 10.2 Å². The van der Waals surface area contributed by atoms with E-state index >= 15 is 0 Å². The van der Waals surface area contributed by atoms with Gasteiger partial charge in [-0.3, -0.25) is 0 Å². The molecule has 1 aliphatic heterocycles. The Morgan fingerprint density at radius 2 is 1.00 bits per heavy atom. The van der Waals surface area contributed by atoms with E-state index in [1.807, 2.05) is 48.5 Å². The number of rotatable bonds is 2. The van der Waals surface area contributed by atoms with Gasteiger partial charge in [0.1, 0.15) is 0 Å². The van der Waals surface area contributed by atoms with Crippen molar-refractivity contribution in [3.63, 3.8) is 0 Å². The van der Waals surface area contributed by atoms with E-state index in [4.69, 9.17) is 11.5 Å². The molecule has 0 saturated heterocycles. The van der Waals surface area contributed by atoms with Crippen LogP contribution in [0.1, 0.15) is 17.5 Å². The summed E-state index contributed by atoms with van der Waals surface area (Å²) in [5, 5.41) is 8.50. The summed E-state index contributed by atoms with van der Waals surface area (Å²) in [4.78, 5) is 0. The molecule has 0 radical (unpaired) electrons. The molecule has 94 valence electrons. The van der Waals surface area contributed by atoms with E-state index in [-0.39, 0.29) is 0 Å². The molecule has 19 heavy (non-hydrogen) atoms. The van der Waals surface area contributed by atoms with E-state index < -0.39 is 0 Å². The molecule has 1 heterocycles. The zero-order chi connectivity index (χ0) is 13.2. The van der Waals surface area contributed by atoms with Crippen LogP contribution in [-0.2, 0) is 0 Å². The number of nitrogen functional groups attached to an aromatic ring is 2. The van der Waals surface area contributed by atoms with Crippen LogP contribution in [0.25, 0.3) is 0 Å². The first-order valence-corrected chi connectivity index (χ1v) is 6.07. The van der Waals surface area contributed by atoms with E-state index in [0.29, 0.717) is 0 Å². The lowest BCUT2D eigenvalue weighted by atomic mass is 10.0. The van der Waals surface area contributed by atoms with E-state index in [2.05, 4.69) is 10.2 Å². The Morgan fingerprint density at radius 1 is 0.632 bits per heavy atom. The lowest BCUT2D eigenvalue weighted by Gasteiger charge is -2.03. The second-order valence-electron chi connectivity index (χ2n) is 4.51. The number of benzene rings is 2. The molecule has 0 unspecified atom stereocenters. The van der Waals surface area contributed by atoms with Crippen LogP contribution in [0.15, 0.2) is 58.7 Å². The average molecular weight is 250 g/mol. The van der Waals surface area contributed by atoms with Crippen LogP contribution >= 0.6 is 0 Å². The van der Waals surface area contributed by atoms with Gasteiger partial charge in [0, 0.05) is 17.8 Å². The highest BCUT2D eigenvalue weighted by molar-refractivity contribution is 6.20. The smallest absolute Gasteiger partial charge is 0.0763 e. The third kappa shape index (κ3) is 2.33. The quantitative estimate of drug-likeness (QED) is 0.803. The molecule has 0 aromatic heterocycles. The Balaban J connectivity index is 1.78. The molecule has 4 N–H and O–H groups in total. The fraction of sp³-hybridized carbons (Fsp3) is 0.0667. The van der Waals surface area contributed by atoms with Crippen LogP contribution in [0.5, 0.6) is 0 Å². The second-order valence-corrected chi connectivity index (χ2v) is 4.51. The van der Waals surface area contributed by atoms with Gasteiger partial charge in [-0.25, -0.2) is 0 Å². The van der Waals surface area contributed by atoms with E-state index in [1.165, 1.54) is 0 Å². The molecule has 2 aromatic rings. The van der Waals surface area contributed by atoms with Gasteiger partial charge in [0.15, 0.2) is 0 Å². The lowest BCUT2D eigenvalue weighted by molar-refractivity contribution is 1.26. The summed E-state index contributed by atoms with van der Waals surface area (Å²) in [6, 6.07) is 15.4. The summed E-state index contributed by atoms with van der Waals surface area (Å²) in [5.41, 5.74) is 16.9. The molecule has 0 saturated carbocycles. The maximum absolute atomic E-state index is 5.68. The monoisotopic (exact) mass is 250 g/mol. The zero-order valence-corrected chi connectivity index (χ0v) is 10.4.